The van der Waals surface area contributed by atoms with E-state index >= 15 is 0 Å². The summed E-state index contributed by atoms with van der Waals surface area (Å²) >= 11 is 0. The Balaban J connectivity index is 1.84. The molecule has 3 aliphatic rings. The third-order valence-corrected chi connectivity index (χ3v) is 13.5. The van der Waals surface area contributed by atoms with Gasteiger partial charge in [-0.2, -0.15) is 15.0 Å². The number of nitrogens with one attached hydrogen (secondary N) is 2. The number of hydrogen-bond donors (Lipinski definition) is 2. The van der Waals surface area contributed by atoms with E-state index in [4.69, 9.17) is 29.5 Å². The molecule has 360 valence electrons. The first kappa shape index (κ1) is 52.3. The molecule has 0 saturated carbocycles. The molecule has 0 aliphatic carbocycles. The van der Waals surface area contributed by atoms with Gasteiger partial charge in [0.2, 0.25) is 17.8 Å². The minimum atomic E-state index is -0.461. The highest BCUT2D eigenvalue weighted by Crippen LogP contribution is 2.46. The van der Waals surface area contributed by atoms with E-state index in [0.717, 1.165) is 83.6 Å². The van der Waals surface area contributed by atoms with Gasteiger partial charge in [-0.25, -0.2) is 0 Å². The predicted molar refractivity (Wildman–Crippen MR) is 250 cm³/mol. The van der Waals surface area contributed by atoms with Gasteiger partial charge in [0.25, 0.3) is 0 Å². The Bertz CT molecular complexity index is 1590. The summed E-state index contributed by atoms with van der Waals surface area (Å²) in [6, 6.07) is 0.140. The SMILES string of the molecule is CCCCN(c1nc(NC(CCC)C2CC(C)(C)N(OC(C)=O)C(C)(C)C2)nc(NC(CCC)C2CC(C)(C)N(OC(C)=O)C(C)(C)C2)n1)C1CC(C)(C)N(OC(C)=O)C(C)(C)C1. The Morgan fingerprint density at radius 1 is 0.556 bits per heavy atom. The predicted octanol–water partition coefficient (Wildman–Crippen LogP) is 9.63. The van der Waals surface area contributed by atoms with Crippen LogP contribution in [0.1, 0.15) is 202 Å². The number of carbonyl (C=O) groups is 3. The van der Waals surface area contributed by atoms with Crippen LogP contribution in [0.15, 0.2) is 0 Å². The van der Waals surface area contributed by atoms with Gasteiger partial charge in [-0.3, -0.25) is 14.4 Å². The van der Waals surface area contributed by atoms with Crippen molar-refractivity contribution >= 4 is 35.8 Å². The average molecular weight is 886 g/mol. The normalized spacial score (nSPS) is 23.6. The van der Waals surface area contributed by atoms with E-state index in [-0.39, 0.29) is 47.9 Å². The molecule has 1 aromatic heterocycles. The molecule has 63 heavy (non-hydrogen) atoms. The summed E-state index contributed by atoms with van der Waals surface area (Å²) in [5.41, 5.74) is -2.53. The van der Waals surface area contributed by atoms with Crippen molar-refractivity contribution in [2.24, 2.45) is 11.8 Å². The smallest absolute Gasteiger partial charge is 0.322 e. The van der Waals surface area contributed by atoms with Crippen LogP contribution in [0.25, 0.3) is 0 Å². The Labute approximate surface area is 380 Å². The lowest BCUT2D eigenvalue weighted by molar-refractivity contribution is -0.271. The standard InChI is InChI=1S/C48H87N9O6/c1-19-22-25-54(37-30-47(15,16)57(63-34(6)60)48(17,18)31-37)42-52-40(49-38(23-20-2)35-26-43(7,8)55(61-32(4)58)44(9,10)27-35)51-41(53-42)50-39(24-21-3)36-28-45(11,12)56(62-33(5)59)46(13,14)29-36/h35-39H,19-31H2,1-18H3,(H2,49,50,51,52,53). The quantitative estimate of drug-likeness (QED) is 0.144. The summed E-state index contributed by atoms with van der Waals surface area (Å²) in [5, 5.41) is 13.5. The lowest BCUT2D eigenvalue weighted by atomic mass is 9.71. The molecule has 2 unspecified atom stereocenters. The molecule has 2 atom stereocenters. The van der Waals surface area contributed by atoms with Crippen molar-refractivity contribution in [3.05, 3.63) is 0 Å². The maximum atomic E-state index is 12.3. The molecule has 0 spiro atoms. The van der Waals surface area contributed by atoms with Crippen LogP contribution in [-0.4, -0.2) is 106 Å². The van der Waals surface area contributed by atoms with E-state index in [1.165, 1.54) is 20.8 Å². The average Bonchev–Trinajstić information content (AvgIpc) is 3.11. The summed E-state index contributed by atoms with van der Waals surface area (Å²) in [6.45, 7) is 37.6. The van der Waals surface area contributed by atoms with Crippen LogP contribution in [0, 0.1) is 11.8 Å². The van der Waals surface area contributed by atoms with Gasteiger partial charge in [0.15, 0.2) is 0 Å². The second-order valence-electron chi connectivity index (χ2n) is 22.8. The van der Waals surface area contributed by atoms with Crippen LogP contribution in [0.2, 0.25) is 0 Å². The summed E-state index contributed by atoms with van der Waals surface area (Å²) < 4.78 is 0. The molecule has 4 heterocycles. The van der Waals surface area contributed by atoms with E-state index in [1.54, 1.807) is 0 Å². The molecule has 0 amide bonds. The zero-order valence-electron chi connectivity index (χ0n) is 42.7. The molecule has 0 radical (unpaired) electrons. The maximum Gasteiger partial charge on any atom is 0.322 e. The number of unbranched alkanes of at least 4 members (excludes halogenated alkanes) is 1. The molecule has 1 aromatic rings. The van der Waals surface area contributed by atoms with Crippen LogP contribution in [0.4, 0.5) is 17.8 Å². The van der Waals surface area contributed by atoms with Crippen LogP contribution in [0.3, 0.4) is 0 Å². The highest BCUT2D eigenvalue weighted by Gasteiger charge is 2.52. The highest BCUT2D eigenvalue weighted by molar-refractivity contribution is 5.66. The van der Waals surface area contributed by atoms with Gasteiger partial charge in [-0.15, -0.1) is 15.2 Å². The van der Waals surface area contributed by atoms with Crippen LogP contribution < -0.4 is 15.5 Å². The van der Waals surface area contributed by atoms with Crippen LogP contribution >= 0.6 is 0 Å². The first-order chi connectivity index (χ1) is 29.0. The second kappa shape index (κ2) is 20.1. The molecule has 0 aromatic carbocycles. The van der Waals surface area contributed by atoms with Gasteiger partial charge in [-0.1, -0.05) is 40.0 Å². The Morgan fingerprint density at radius 2 is 0.873 bits per heavy atom. The van der Waals surface area contributed by atoms with Gasteiger partial charge in [0, 0.05) is 45.4 Å². The summed E-state index contributed by atoms with van der Waals surface area (Å²) in [6.07, 6.45) is 10.4. The van der Waals surface area contributed by atoms with Crippen molar-refractivity contribution in [2.45, 2.75) is 253 Å². The van der Waals surface area contributed by atoms with Crippen molar-refractivity contribution in [1.29, 1.82) is 0 Å². The lowest BCUT2D eigenvalue weighted by Crippen LogP contribution is -2.64. The maximum absolute atomic E-state index is 12.3. The number of anilines is 3. The number of piperidine rings is 3. The molecule has 3 fully saturated rings. The second-order valence-corrected chi connectivity index (χ2v) is 22.8. The lowest BCUT2D eigenvalue weighted by Gasteiger charge is -2.54. The fourth-order valence-electron chi connectivity index (χ4n) is 12.0. The third-order valence-electron chi connectivity index (χ3n) is 13.5. The molecule has 4 rings (SSSR count). The number of aromatic nitrogens is 3. The Hall–Kier alpha value is -3.30. The van der Waals surface area contributed by atoms with Crippen molar-refractivity contribution in [3.63, 3.8) is 0 Å². The number of carbonyl (C=O) groups excluding carboxylic acids is 3. The van der Waals surface area contributed by atoms with Crippen molar-refractivity contribution in [3.8, 4) is 0 Å². The minimum absolute atomic E-state index is 0.0451. The summed E-state index contributed by atoms with van der Waals surface area (Å²) in [7, 11) is 0. The monoisotopic (exact) mass is 886 g/mol. The largest absolute Gasteiger partial charge is 0.367 e. The minimum Gasteiger partial charge on any atom is -0.367 e. The number of hydrogen-bond acceptors (Lipinski definition) is 15. The molecule has 15 nitrogen and oxygen atoms in total. The van der Waals surface area contributed by atoms with Gasteiger partial charge < -0.3 is 30.0 Å². The number of nitrogens with zero attached hydrogens (tertiary/aromatic N) is 7. The molecule has 3 aliphatic heterocycles. The molecule has 0 bridgehead atoms. The zero-order chi connectivity index (χ0) is 47.5. The van der Waals surface area contributed by atoms with E-state index in [0.29, 0.717) is 17.8 Å². The summed E-state index contributed by atoms with van der Waals surface area (Å²) in [5.74, 6) is 1.24. The fourth-order valence-corrected chi connectivity index (χ4v) is 12.0. The molecular weight excluding hydrogens is 799 g/mol. The third kappa shape index (κ3) is 13.0. The van der Waals surface area contributed by atoms with E-state index in [9.17, 15) is 14.4 Å². The van der Waals surface area contributed by atoms with Crippen molar-refractivity contribution in [1.82, 2.24) is 30.1 Å². The van der Waals surface area contributed by atoms with Gasteiger partial charge in [0.05, 0.1) is 33.2 Å². The van der Waals surface area contributed by atoms with E-state index in [2.05, 4.69) is 119 Å². The fraction of sp³-hybridized carbons (Fsp3) is 0.875. The van der Waals surface area contributed by atoms with Gasteiger partial charge >= 0.3 is 17.9 Å². The van der Waals surface area contributed by atoms with Crippen LogP contribution in [-0.2, 0) is 28.9 Å². The van der Waals surface area contributed by atoms with Crippen molar-refractivity contribution in [2.75, 3.05) is 22.1 Å². The molecular formula is C48H87N9O6. The topological polar surface area (TPSA) is 155 Å². The van der Waals surface area contributed by atoms with E-state index < -0.39 is 33.2 Å². The van der Waals surface area contributed by atoms with E-state index in [1.807, 2.05) is 15.2 Å². The summed E-state index contributed by atoms with van der Waals surface area (Å²) in [4.78, 5) is 72.8. The molecule has 2 N–H and O–H groups in total. The van der Waals surface area contributed by atoms with Gasteiger partial charge in [-0.05, 0) is 153 Å². The molecule has 15 heteroatoms. The molecule has 3 saturated heterocycles. The Kier molecular flexibility index (Phi) is 16.7. The number of hydroxylamine groups is 6. The van der Waals surface area contributed by atoms with Crippen LogP contribution in [0.5, 0.6) is 0 Å². The highest BCUT2D eigenvalue weighted by atomic mass is 16.7. The van der Waals surface area contributed by atoms with Gasteiger partial charge in [0.1, 0.15) is 0 Å². The number of rotatable bonds is 18. The zero-order valence-corrected chi connectivity index (χ0v) is 42.7. The Morgan fingerprint density at radius 3 is 1.16 bits per heavy atom. The van der Waals surface area contributed by atoms with Crippen molar-refractivity contribution < 1.29 is 28.9 Å². The first-order valence-electron chi connectivity index (χ1n) is 24.0. The first-order valence-corrected chi connectivity index (χ1v) is 24.0.